The van der Waals surface area contributed by atoms with Crippen molar-refractivity contribution in [1.29, 1.82) is 0 Å². The summed E-state index contributed by atoms with van der Waals surface area (Å²) in [7, 11) is 0. The molecule has 0 aliphatic heterocycles. The summed E-state index contributed by atoms with van der Waals surface area (Å²) < 4.78 is 10.3. The fourth-order valence-electron chi connectivity index (χ4n) is 1.75. The molecular weight excluding hydrogens is 290 g/mol. The maximum atomic E-state index is 11.7. The third-order valence-electron chi connectivity index (χ3n) is 2.69. The summed E-state index contributed by atoms with van der Waals surface area (Å²) in [6.07, 6.45) is 0. The highest BCUT2D eigenvalue weighted by Crippen LogP contribution is 2.28. The molecule has 2 rings (SSSR count). The fourth-order valence-corrected chi connectivity index (χ4v) is 1.75. The summed E-state index contributed by atoms with van der Waals surface area (Å²) in [6, 6.07) is 9.44. The second-order valence-electron chi connectivity index (χ2n) is 4.29. The van der Waals surface area contributed by atoms with Crippen LogP contribution >= 0.6 is 0 Å². The standard InChI is InChI=1S/C15H13NO6/c1-2-21-15(18)10-7-12(17)9-14(8-10)22-13-5-3-11(4-6-13)16(19)20/h3-9,17H,2H2,1H3. The normalized spacial score (nSPS) is 10.0. The van der Waals surface area contributed by atoms with Crippen LogP contribution in [0, 0.1) is 10.1 Å². The topological polar surface area (TPSA) is 98.9 Å². The third kappa shape index (κ3) is 3.72. The predicted octanol–water partition coefficient (Wildman–Crippen LogP) is 3.27. The first-order valence-electron chi connectivity index (χ1n) is 6.43. The quantitative estimate of drug-likeness (QED) is 0.517. The molecule has 0 bridgehead atoms. The number of carbonyl (C=O) groups excluding carboxylic acids is 1. The Morgan fingerprint density at radius 3 is 2.45 bits per heavy atom. The van der Waals surface area contributed by atoms with Gasteiger partial charge in [0.1, 0.15) is 17.2 Å². The van der Waals surface area contributed by atoms with Gasteiger partial charge < -0.3 is 14.6 Å². The van der Waals surface area contributed by atoms with Crippen LogP contribution in [-0.2, 0) is 4.74 Å². The monoisotopic (exact) mass is 303 g/mol. The van der Waals surface area contributed by atoms with Crippen LogP contribution in [0.3, 0.4) is 0 Å². The van der Waals surface area contributed by atoms with Crippen LogP contribution < -0.4 is 4.74 Å². The molecule has 1 N–H and O–H groups in total. The fraction of sp³-hybridized carbons (Fsp3) is 0.133. The lowest BCUT2D eigenvalue weighted by Gasteiger charge is -2.08. The molecule has 0 amide bonds. The van der Waals surface area contributed by atoms with Crippen molar-refractivity contribution < 1.29 is 24.3 Å². The maximum Gasteiger partial charge on any atom is 0.338 e. The SMILES string of the molecule is CCOC(=O)c1cc(O)cc(Oc2ccc([N+](=O)[O-])cc2)c1. The molecule has 2 aromatic rings. The number of benzene rings is 2. The molecule has 0 spiro atoms. The molecule has 0 aliphatic carbocycles. The van der Waals surface area contributed by atoms with Gasteiger partial charge in [0.25, 0.3) is 5.69 Å². The zero-order chi connectivity index (χ0) is 16.1. The molecule has 0 fully saturated rings. The number of ether oxygens (including phenoxy) is 2. The molecule has 0 aliphatic rings. The number of aromatic hydroxyl groups is 1. The summed E-state index contributed by atoms with van der Waals surface area (Å²) in [5.74, 6) is -0.169. The minimum atomic E-state index is -0.577. The summed E-state index contributed by atoms with van der Waals surface area (Å²) >= 11 is 0. The molecule has 114 valence electrons. The minimum Gasteiger partial charge on any atom is -0.508 e. The van der Waals surface area contributed by atoms with E-state index in [1.165, 1.54) is 42.5 Å². The van der Waals surface area contributed by atoms with Gasteiger partial charge in [0.05, 0.1) is 17.1 Å². The molecule has 7 heteroatoms. The maximum absolute atomic E-state index is 11.7. The Kier molecular flexibility index (Phi) is 4.57. The van der Waals surface area contributed by atoms with Gasteiger partial charge in [-0.05, 0) is 31.2 Å². The molecule has 7 nitrogen and oxygen atoms in total. The van der Waals surface area contributed by atoms with Crippen LogP contribution in [0.1, 0.15) is 17.3 Å². The summed E-state index contributed by atoms with van der Waals surface area (Å²) in [4.78, 5) is 21.7. The Labute approximate surface area is 125 Å². The van der Waals surface area contributed by atoms with Gasteiger partial charge in [-0.15, -0.1) is 0 Å². The van der Waals surface area contributed by atoms with Gasteiger partial charge in [0.15, 0.2) is 0 Å². The predicted molar refractivity (Wildman–Crippen MR) is 77.2 cm³/mol. The van der Waals surface area contributed by atoms with Crippen LogP contribution in [0.15, 0.2) is 42.5 Å². The lowest BCUT2D eigenvalue weighted by molar-refractivity contribution is -0.384. The number of hydrogen-bond acceptors (Lipinski definition) is 6. The van der Waals surface area contributed by atoms with E-state index in [2.05, 4.69) is 0 Å². The van der Waals surface area contributed by atoms with Gasteiger partial charge in [0.2, 0.25) is 0 Å². The summed E-state index contributed by atoms with van der Waals surface area (Å²) in [5, 5.41) is 20.2. The second kappa shape index (κ2) is 6.57. The van der Waals surface area contributed by atoms with Crippen LogP contribution in [0.2, 0.25) is 0 Å². The third-order valence-corrected chi connectivity index (χ3v) is 2.69. The largest absolute Gasteiger partial charge is 0.508 e. The average Bonchev–Trinajstić information content (AvgIpc) is 2.47. The van der Waals surface area contributed by atoms with Crippen LogP contribution in [0.4, 0.5) is 5.69 Å². The first-order valence-corrected chi connectivity index (χ1v) is 6.43. The zero-order valence-corrected chi connectivity index (χ0v) is 11.7. The molecule has 0 aromatic heterocycles. The number of nitrogens with zero attached hydrogens (tertiary/aromatic N) is 1. The lowest BCUT2D eigenvalue weighted by atomic mass is 10.2. The van der Waals surface area contributed by atoms with Gasteiger partial charge >= 0.3 is 5.97 Å². The number of nitro groups is 1. The van der Waals surface area contributed by atoms with E-state index in [1.54, 1.807) is 6.92 Å². The first kappa shape index (κ1) is 15.3. The van der Waals surface area contributed by atoms with Crippen molar-refractivity contribution in [3.8, 4) is 17.2 Å². The smallest absolute Gasteiger partial charge is 0.338 e. The Balaban J connectivity index is 2.22. The molecule has 0 saturated heterocycles. The van der Waals surface area contributed by atoms with Gasteiger partial charge in [-0.25, -0.2) is 4.79 Å². The Morgan fingerprint density at radius 1 is 1.18 bits per heavy atom. The minimum absolute atomic E-state index is 0.0597. The highest BCUT2D eigenvalue weighted by molar-refractivity contribution is 5.90. The molecule has 22 heavy (non-hydrogen) atoms. The van der Waals surface area contributed by atoms with E-state index in [0.717, 1.165) is 0 Å². The number of carbonyl (C=O) groups is 1. The van der Waals surface area contributed by atoms with Crippen molar-refractivity contribution in [2.24, 2.45) is 0 Å². The molecule has 0 radical (unpaired) electrons. The number of nitro benzene ring substituents is 1. The molecular formula is C15H13NO6. The molecule has 2 aromatic carbocycles. The Bertz CT molecular complexity index is 696. The van der Waals surface area contributed by atoms with Crippen LogP contribution in [0.25, 0.3) is 0 Å². The number of esters is 1. The van der Waals surface area contributed by atoms with Gasteiger partial charge in [-0.1, -0.05) is 0 Å². The number of rotatable bonds is 5. The molecule has 0 heterocycles. The number of non-ortho nitro benzene ring substituents is 1. The highest BCUT2D eigenvalue weighted by Gasteiger charge is 2.11. The van der Waals surface area contributed by atoms with Crippen LogP contribution in [-0.4, -0.2) is 22.6 Å². The van der Waals surface area contributed by atoms with Crippen molar-refractivity contribution in [2.75, 3.05) is 6.61 Å². The van der Waals surface area contributed by atoms with Crippen molar-refractivity contribution in [2.45, 2.75) is 6.92 Å². The summed E-state index contributed by atoms with van der Waals surface area (Å²) in [5.41, 5.74) is 0.0919. The molecule has 0 saturated carbocycles. The van der Waals surface area contributed by atoms with E-state index in [9.17, 15) is 20.0 Å². The van der Waals surface area contributed by atoms with Crippen LogP contribution in [0.5, 0.6) is 17.2 Å². The van der Waals surface area contributed by atoms with Gasteiger partial charge in [-0.2, -0.15) is 0 Å². The van der Waals surface area contributed by atoms with E-state index in [4.69, 9.17) is 9.47 Å². The molecule has 0 atom stereocenters. The van der Waals surface area contributed by atoms with E-state index < -0.39 is 10.9 Å². The second-order valence-corrected chi connectivity index (χ2v) is 4.29. The number of phenolic OH excluding ortho intramolecular Hbond substituents is 1. The average molecular weight is 303 g/mol. The van der Waals surface area contributed by atoms with Crippen molar-refractivity contribution in [3.63, 3.8) is 0 Å². The van der Waals surface area contributed by atoms with Gasteiger partial charge in [0, 0.05) is 18.2 Å². The number of phenols is 1. The molecule has 0 unspecified atom stereocenters. The first-order chi connectivity index (χ1) is 10.5. The zero-order valence-electron chi connectivity index (χ0n) is 11.7. The highest BCUT2D eigenvalue weighted by atomic mass is 16.6. The summed E-state index contributed by atoms with van der Waals surface area (Å²) in [6.45, 7) is 1.89. The van der Waals surface area contributed by atoms with E-state index in [1.807, 2.05) is 0 Å². The van der Waals surface area contributed by atoms with Crippen molar-refractivity contribution >= 4 is 11.7 Å². The van der Waals surface area contributed by atoms with Crippen molar-refractivity contribution in [3.05, 3.63) is 58.1 Å². The number of hydrogen-bond donors (Lipinski definition) is 1. The van der Waals surface area contributed by atoms with Gasteiger partial charge in [-0.3, -0.25) is 10.1 Å². The Morgan fingerprint density at radius 2 is 1.86 bits per heavy atom. The Hall–Kier alpha value is -3.09. The van der Waals surface area contributed by atoms with E-state index in [0.29, 0.717) is 5.75 Å². The van der Waals surface area contributed by atoms with E-state index >= 15 is 0 Å². The van der Waals surface area contributed by atoms with E-state index in [-0.39, 0.29) is 29.4 Å². The van der Waals surface area contributed by atoms with Crippen molar-refractivity contribution in [1.82, 2.24) is 0 Å². The lowest BCUT2D eigenvalue weighted by Crippen LogP contribution is -2.04.